The number of hydrogen-bond acceptors (Lipinski definition) is 2. The number of fused-ring (bicyclic) bond motifs is 1. The van der Waals surface area contributed by atoms with Crippen molar-refractivity contribution in [2.75, 3.05) is 5.32 Å². The van der Waals surface area contributed by atoms with Crippen LogP contribution in [0.25, 0.3) is 0 Å². The number of benzene rings is 1. The van der Waals surface area contributed by atoms with E-state index in [1.54, 1.807) is 0 Å². The predicted molar refractivity (Wildman–Crippen MR) is 65.4 cm³/mol. The smallest absolute Gasteiger partial charge is 0.0517 e. The van der Waals surface area contributed by atoms with Crippen LogP contribution in [-0.2, 0) is 6.42 Å². The van der Waals surface area contributed by atoms with E-state index in [4.69, 9.17) is 0 Å². The van der Waals surface area contributed by atoms with Gasteiger partial charge in [0.2, 0.25) is 0 Å². The third kappa shape index (κ3) is 1.67. The average molecular weight is 210 g/mol. The van der Waals surface area contributed by atoms with E-state index in [1.807, 2.05) is 12.4 Å². The maximum atomic E-state index is 4.16. The molecule has 0 saturated heterocycles. The second-order valence-corrected chi connectivity index (χ2v) is 4.18. The van der Waals surface area contributed by atoms with Crippen LogP contribution in [0.15, 0.2) is 48.8 Å². The summed E-state index contributed by atoms with van der Waals surface area (Å²) in [4.78, 5) is 4.16. The molecule has 0 spiro atoms. The van der Waals surface area contributed by atoms with Gasteiger partial charge in [0.25, 0.3) is 0 Å². The van der Waals surface area contributed by atoms with E-state index in [9.17, 15) is 0 Å². The highest BCUT2D eigenvalue weighted by Gasteiger charge is 2.18. The van der Waals surface area contributed by atoms with Crippen molar-refractivity contribution in [2.45, 2.75) is 18.9 Å². The van der Waals surface area contributed by atoms with E-state index in [0.29, 0.717) is 6.04 Å². The zero-order chi connectivity index (χ0) is 10.8. The zero-order valence-electron chi connectivity index (χ0n) is 9.06. The lowest BCUT2D eigenvalue weighted by Gasteiger charge is -2.27. The first-order valence-corrected chi connectivity index (χ1v) is 5.68. The largest absolute Gasteiger partial charge is 0.378 e. The normalized spacial score (nSPS) is 18.6. The van der Waals surface area contributed by atoms with E-state index in [1.165, 1.54) is 16.8 Å². The molecule has 1 atom stereocenters. The number of pyridine rings is 1. The molecule has 16 heavy (non-hydrogen) atoms. The molecule has 1 unspecified atom stereocenters. The Kier molecular flexibility index (Phi) is 2.33. The third-order valence-corrected chi connectivity index (χ3v) is 3.14. The first kappa shape index (κ1) is 9.40. The number of anilines is 1. The lowest BCUT2D eigenvalue weighted by atomic mass is 9.95. The fraction of sp³-hybridized carbons (Fsp3) is 0.214. The molecule has 0 bridgehead atoms. The number of rotatable bonds is 1. The molecule has 1 aliphatic heterocycles. The van der Waals surface area contributed by atoms with Gasteiger partial charge in [-0.2, -0.15) is 0 Å². The van der Waals surface area contributed by atoms with Gasteiger partial charge in [-0.3, -0.25) is 4.98 Å². The summed E-state index contributed by atoms with van der Waals surface area (Å²) < 4.78 is 0. The first-order valence-electron chi connectivity index (χ1n) is 5.68. The molecule has 1 aromatic heterocycles. The SMILES string of the molecule is c1ccc(C2CCc3cnccc3N2)cc1. The standard InChI is InChI=1S/C14H14N2/c1-2-4-11(5-3-1)13-7-6-12-10-15-9-8-14(12)16-13/h1-5,8-10,13,16H,6-7H2. The van der Waals surface area contributed by atoms with Gasteiger partial charge >= 0.3 is 0 Å². The van der Waals surface area contributed by atoms with Gasteiger partial charge in [0.1, 0.15) is 0 Å². The van der Waals surface area contributed by atoms with E-state index < -0.39 is 0 Å². The van der Waals surface area contributed by atoms with E-state index in [2.05, 4.69) is 46.7 Å². The van der Waals surface area contributed by atoms with Crippen LogP contribution in [-0.4, -0.2) is 4.98 Å². The molecule has 2 nitrogen and oxygen atoms in total. The number of aryl methyl sites for hydroxylation is 1. The first-order chi connectivity index (χ1) is 7.93. The van der Waals surface area contributed by atoms with Crippen molar-refractivity contribution in [2.24, 2.45) is 0 Å². The highest BCUT2D eigenvalue weighted by atomic mass is 14.9. The van der Waals surface area contributed by atoms with Crippen molar-refractivity contribution in [1.82, 2.24) is 4.98 Å². The summed E-state index contributed by atoms with van der Waals surface area (Å²) in [5.41, 5.74) is 3.93. The van der Waals surface area contributed by atoms with Gasteiger partial charge in [-0.1, -0.05) is 30.3 Å². The Morgan fingerprint density at radius 1 is 1.12 bits per heavy atom. The van der Waals surface area contributed by atoms with Crippen LogP contribution in [0.1, 0.15) is 23.6 Å². The summed E-state index contributed by atoms with van der Waals surface area (Å²) in [6.45, 7) is 0. The lowest BCUT2D eigenvalue weighted by Crippen LogP contribution is -2.17. The minimum absolute atomic E-state index is 0.441. The molecule has 3 rings (SSSR count). The van der Waals surface area contributed by atoms with Crippen LogP contribution < -0.4 is 5.32 Å². The molecular weight excluding hydrogens is 196 g/mol. The molecule has 80 valence electrons. The van der Waals surface area contributed by atoms with Gasteiger partial charge in [0.05, 0.1) is 6.04 Å². The van der Waals surface area contributed by atoms with Gasteiger partial charge in [-0.15, -0.1) is 0 Å². The molecule has 0 saturated carbocycles. The maximum Gasteiger partial charge on any atom is 0.0517 e. The van der Waals surface area contributed by atoms with Gasteiger partial charge in [0.15, 0.2) is 0 Å². The number of nitrogens with one attached hydrogen (secondary N) is 1. The molecule has 1 N–H and O–H groups in total. The molecule has 0 radical (unpaired) electrons. The molecule has 2 heterocycles. The average Bonchev–Trinajstić information content (AvgIpc) is 2.39. The lowest BCUT2D eigenvalue weighted by molar-refractivity contribution is 0.666. The number of nitrogens with zero attached hydrogens (tertiary/aromatic N) is 1. The van der Waals surface area contributed by atoms with E-state index in [0.717, 1.165) is 12.8 Å². The van der Waals surface area contributed by atoms with E-state index in [-0.39, 0.29) is 0 Å². The molecule has 2 heteroatoms. The van der Waals surface area contributed by atoms with Gasteiger partial charge < -0.3 is 5.32 Å². The van der Waals surface area contributed by atoms with Crippen molar-refractivity contribution >= 4 is 5.69 Å². The Morgan fingerprint density at radius 3 is 2.88 bits per heavy atom. The Bertz CT molecular complexity index is 479. The number of aromatic nitrogens is 1. The molecule has 0 fully saturated rings. The minimum Gasteiger partial charge on any atom is -0.378 e. The highest BCUT2D eigenvalue weighted by Crippen LogP contribution is 2.31. The summed E-state index contributed by atoms with van der Waals surface area (Å²) >= 11 is 0. The summed E-state index contributed by atoms with van der Waals surface area (Å²) in [6.07, 6.45) is 6.06. The van der Waals surface area contributed by atoms with Crippen LogP contribution in [0, 0.1) is 0 Å². The Labute approximate surface area is 95.3 Å². The molecular formula is C14H14N2. The Hall–Kier alpha value is -1.83. The fourth-order valence-corrected chi connectivity index (χ4v) is 2.26. The van der Waals surface area contributed by atoms with Crippen molar-refractivity contribution in [3.8, 4) is 0 Å². The molecule has 0 amide bonds. The highest BCUT2D eigenvalue weighted by molar-refractivity contribution is 5.53. The van der Waals surface area contributed by atoms with Crippen molar-refractivity contribution in [1.29, 1.82) is 0 Å². The summed E-state index contributed by atoms with van der Waals surface area (Å²) in [5.74, 6) is 0. The van der Waals surface area contributed by atoms with Crippen molar-refractivity contribution in [3.63, 3.8) is 0 Å². The third-order valence-electron chi connectivity index (χ3n) is 3.14. The predicted octanol–water partition coefficient (Wildman–Crippen LogP) is 3.18. The summed E-state index contributed by atoms with van der Waals surface area (Å²) in [7, 11) is 0. The number of hydrogen-bond donors (Lipinski definition) is 1. The molecule has 0 aliphatic carbocycles. The van der Waals surface area contributed by atoms with Crippen molar-refractivity contribution < 1.29 is 0 Å². The minimum atomic E-state index is 0.441. The maximum absolute atomic E-state index is 4.16. The van der Waals surface area contributed by atoms with Gasteiger partial charge in [0, 0.05) is 18.1 Å². The Morgan fingerprint density at radius 2 is 2.00 bits per heavy atom. The van der Waals surface area contributed by atoms with Crippen LogP contribution in [0.2, 0.25) is 0 Å². The second-order valence-electron chi connectivity index (χ2n) is 4.18. The molecule has 1 aliphatic rings. The topological polar surface area (TPSA) is 24.9 Å². The van der Waals surface area contributed by atoms with Gasteiger partial charge in [-0.05, 0) is 30.0 Å². The summed E-state index contributed by atoms with van der Waals surface area (Å²) in [6, 6.07) is 13.1. The summed E-state index contributed by atoms with van der Waals surface area (Å²) in [5, 5.41) is 3.57. The molecule has 2 aromatic rings. The quantitative estimate of drug-likeness (QED) is 0.782. The Balaban J connectivity index is 1.89. The fourth-order valence-electron chi connectivity index (χ4n) is 2.26. The van der Waals surface area contributed by atoms with Crippen LogP contribution >= 0.6 is 0 Å². The second kappa shape index (κ2) is 3.97. The van der Waals surface area contributed by atoms with Crippen LogP contribution in [0.5, 0.6) is 0 Å². The molecule has 1 aromatic carbocycles. The van der Waals surface area contributed by atoms with Crippen LogP contribution in [0.4, 0.5) is 5.69 Å². The van der Waals surface area contributed by atoms with Crippen molar-refractivity contribution in [3.05, 3.63) is 59.9 Å². The van der Waals surface area contributed by atoms with E-state index >= 15 is 0 Å². The zero-order valence-corrected chi connectivity index (χ0v) is 9.06. The monoisotopic (exact) mass is 210 g/mol. The van der Waals surface area contributed by atoms with Gasteiger partial charge in [-0.25, -0.2) is 0 Å². The van der Waals surface area contributed by atoms with Crippen LogP contribution in [0.3, 0.4) is 0 Å².